The Morgan fingerprint density at radius 3 is 2.79 bits per heavy atom. The molecule has 2 saturated heterocycles. The highest BCUT2D eigenvalue weighted by Gasteiger charge is 2.43. The van der Waals surface area contributed by atoms with Crippen molar-refractivity contribution in [1.29, 1.82) is 0 Å². The number of aliphatic carboxylic acids is 1. The number of fused-ring (bicyclic) bond motifs is 3. The molecule has 4 atom stereocenters. The molecule has 202 valence electrons. The van der Waals surface area contributed by atoms with Crippen LogP contribution >= 0.6 is 0 Å². The molecule has 7 rings (SSSR count). The Hall–Kier alpha value is -3.55. The van der Waals surface area contributed by atoms with Crippen molar-refractivity contribution in [3.63, 3.8) is 0 Å². The highest BCUT2D eigenvalue weighted by Crippen LogP contribution is 2.44. The summed E-state index contributed by atoms with van der Waals surface area (Å²) >= 11 is 0. The minimum Gasteiger partial charge on any atom is -0.492 e. The maximum Gasteiger partial charge on any atom is 0.304 e. The van der Waals surface area contributed by atoms with Crippen LogP contribution in [-0.4, -0.2) is 43.3 Å². The van der Waals surface area contributed by atoms with Gasteiger partial charge in [-0.3, -0.25) is 4.79 Å². The zero-order chi connectivity index (χ0) is 26.5. The molecule has 7 nitrogen and oxygen atoms in total. The minimum absolute atomic E-state index is 0.0561. The average molecular weight is 529 g/mol. The first-order chi connectivity index (χ1) is 19.0. The van der Waals surface area contributed by atoms with Crippen molar-refractivity contribution in [2.24, 2.45) is 5.92 Å². The van der Waals surface area contributed by atoms with Crippen LogP contribution in [0.25, 0.3) is 11.1 Å². The predicted molar refractivity (Wildman–Crippen MR) is 144 cm³/mol. The summed E-state index contributed by atoms with van der Waals surface area (Å²) in [5, 5.41) is 9.13. The van der Waals surface area contributed by atoms with Crippen molar-refractivity contribution in [1.82, 2.24) is 0 Å². The van der Waals surface area contributed by atoms with Crippen LogP contribution in [0.2, 0.25) is 0 Å². The smallest absolute Gasteiger partial charge is 0.304 e. The lowest BCUT2D eigenvalue weighted by Crippen LogP contribution is -2.27. The molecule has 0 radical (unpaired) electrons. The molecular weight excluding hydrogens is 496 g/mol. The standard InChI is InChI=1S/C32H32O7/c1-18-11-28(39-29-17-38-32-26(29)9-10-35-32)24-7-8-25(24)31(18)20-4-2-3-19(12-20)15-36-22-5-6-23-21(13-30(33)34)16-37-27(23)14-22/h2-6,11-12,14,21,26,29,32H,7-10,13,15-17H2,1H3,(H,33,34). The predicted octanol–water partition coefficient (Wildman–Crippen LogP) is 5.43. The van der Waals surface area contributed by atoms with Gasteiger partial charge in [0.15, 0.2) is 6.29 Å². The van der Waals surface area contributed by atoms with Gasteiger partial charge in [-0.2, -0.15) is 0 Å². The molecule has 0 spiro atoms. The number of carboxylic acids is 1. The maximum atomic E-state index is 11.1. The van der Waals surface area contributed by atoms with Gasteiger partial charge in [0.05, 0.1) is 32.2 Å². The molecule has 0 saturated carbocycles. The summed E-state index contributed by atoms with van der Waals surface area (Å²) in [6.45, 7) is 4.33. The summed E-state index contributed by atoms with van der Waals surface area (Å²) in [6, 6.07) is 16.4. The summed E-state index contributed by atoms with van der Waals surface area (Å²) in [4.78, 5) is 11.1. The van der Waals surface area contributed by atoms with E-state index < -0.39 is 5.97 Å². The van der Waals surface area contributed by atoms with Crippen LogP contribution < -0.4 is 14.2 Å². The molecule has 2 fully saturated rings. The first-order valence-corrected chi connectivity index (χ1v) is 13.8. The molecule has 3 aliphatic heterocycles. The van der Waals surface area contributed by atoms with Gasteiger partial charge in [-0.25, -0.2) is 0 Å². The summed E-state index contributed by atoms with van der Waals surface area (Å²) in [7, 11) is 0. The fourth-order valence-corrected chi connectivity index (χ4v) is 6.44. The average Bonchev–Trinajstić information content (AvgIpc) is 3.62. The van der Waals surface area contributed by atoms with E-state index in [4.69, 9.17) is 28.8 Å². The van der Waals surface area contributed by atoms with E-state index >= 15 is 0 Å². The van der Waals surface area contributed by atoms with Crippen LogP contribution in [0.4, 0.5) is 0 Å². The van der Waals surface area contributed by atoms with Crippen LogP contribution in [0.5, 0.6) is 17.2 Å². The molecule has 7 heteroatoms. The molecule has 3 aromatic rings. The van der Waals surface area contributed by atoms with Gasteiger partial charge in [0.1, 0.15) is 30.0 Å². The van der Waals surface area contributed by atoms with Gasteiger partial charge in [-0.05, 0) is 77.8 Å². The Bertz CT molecular complexity index is 1430. The number of rotatable bonds is 8. The molecule has 3 aromatic carbocycles. The van der Waals surface area contributed by atoms with Gasteiger partial charge in [0.2, 0.25) is 0 Å². The third-order valence-corrected chi connectivity index (χ3v) is 8.50. The van der Waals surface area contributed by atoms with E-state index in [1.807, 2.05) is 18.2 Å². The Morgan fingerprint density at radius 1 is 1.05 bits per heavy atom. The fourth-order valence-electron chi connectivity index (χ4n) is 6.44. The van der Waals surface area contributed by atoms with E-state index in [0.717, 1.165) is 42.7 Å². The second kappa shape index (κ2) is 9.88. The monoisotopic (exact) mass is 528 g/mol. The first-order valence-electron chi connectivity index (χ1n) is 13.8. The number of hydrogen-bond donors (Lipinski definition) is 1. The zero-order valence-corrected chi connectivity index (χ0v) is 22.0. The number of carbonyl (C=O) groups is 1. The largest absolute Gasteiger partial charge is 0.492 e. The number of benzene rings is 3. The second-order valence-corrected chi connectivity index (χ2v) is 11.0. The maximum absolute atomic E-state index is 11.1. The topological polar surface area (TPSA) is 83.5 Å². The highest BCUT2D eigenvalue weighted by atomic mass is 16.7. The lowest BCUT2D eigenvalue weighted by molar-refractivity contribution is -0.137. The Balaban J connectivity index is 1.07. The third kappa shape index (κ3) is 4.53. The summed E-state index contributed by atoms with van der Waals surface area (Å²) in [6.07, 6.45) is 3.10. The molecule has 0 bridgehead atoms. The van der Waals surface area contributed by atoms with E-state index in [2.05, 4.69) is 37.3 Å². The molecule has 3 heterocycles. The van der Waals surface area contributed by atoms with Gasteiger partial charge in [-0.15, -0.1) is 0 Å². The minimum atomic E-state index is -0.815. The van der Waals surface area contributed by atoms with Crippen molar-refractivity contribution in [3.05, 3.63) is 76.3 Å². The van der Waals surface area contributed by atoms with Crippen LogP contribution in [0.3, 0.4) is 0 Å². The van der Waals surface area contributed by atoms with Crippen molar-refractivity contribution < 1.29 is 33.6 Å². The molecule has 4 aliphatic rings. The van der Waals surface area contributed by atoms with Gasteiger partial charge in [0.25, 0.3) is 0 Å². The number of ether oxygens (including phenoxy) is 5. The van der Waals surface area contributed by atoms with Crippen molar-refractivity contribution >= 4 is 5.97 Å². The lowest BCUT2D eigenvalue weighted by atomic mass is 9.79. The van der Waals surface area contributed by atoms with E-state index in [1.54, 1.807) is 0 Å². The second-order valence-electron chi connectivity index (χ2n) is 11.0. The van der Waals surface area contributed by atoms with E-state index in [0.29, 0.717) is 37.2 Å². The van der Waals surface area contributed by atoms with E-state index in [1.165, 1.54) is 27.8 Å². The number of carboxylic acid groups (broad SMARTS) is 1. The van der Waals surface area contributed by atoms with Crippen LogP contribution in [0, 0.1) is 12.8 Å². The highest BCUT2D eigenvalue weighted by molar-refractivity contribution is 5.76. The van der Waals surface area contributed by atoms with Crippen molar-refractivity contribution in [2.75, 3.05) is 19.8 Å². The normalized spacial score (nSPS) is 24.3. The van der Waals surface area contributed by atoms with E-state index in [9.17, 15) is 4.79 Å². The van der Waals surface area contributed by atoms with Crippen LogP contribution in [0.1, 0.15) is 46.6 Å². The zero-order valence-electron chi connectivity index (χ0n) is 22.0. The molecule has 39 heavy (non-hydrogen) atoms. The molecule has 0 amide bonds. The van der Waals surface area contributed by atoms with Crippen LogP contribution in [0.15, 0.2) is 48.5 Å². The first kappa shape index (κ1) is 24.5. The van der Waals surface area contributed by atoms with Gasteiger partial charge < -0.3 is 28.8 Å². The number of aryl methyl sites for hydroxylation is 1. The Kier molecular flexibility index (Phi) is 6.21. The Morgan fingerprint density at radius 2 is 1.95 bits per heavy atom. The molecular formula is C32H32O7. The fraction of sp³-hybridized carbons (Fsp3) is 0.406. The summed E-state index contributed by atoms with van der Waals surface area (Å²) < 4.78 is 29.8. The van der Waals surface area contributed by atoms with E-state index in [-0.39, 0.29) is 24.7 Å². The molecule has 1 N–H and O–H groups in total. The van der Waals surface area contributed by atoms with Crippen molar-refractivity contribution in [3.8, 4) is 28.4 Å². The van der Waals surface area contributed by atoms with Gasteiger partial charge in [-0.1, -0.05) is 24.3 Å². The SMILES string of the molecule is Cc1cc(OC2COC3OCCC23)c2c(c1-c1cccc(COc3ccc4c(c3)OCC4CC(=O)O)c1)CC2. The lowest BCUT2D eigenvalue weighted by Gasteiger charge is -2.30. The van der Waals surface area contributed by atoms with Gasteiger partial charge in [0, 0.05) is 17.5 Å². The third-order valence-electron chi connectivity index (χ3n) is 8.50. The molecule has 4 unspecified atom stereocenters. The molecule has 1 aliphatic carbocycles. The Labute approximate surface area is 227 Å². The van der Waals surface area contributed by atoms with Gasteiger partial charge >= 0.3 is 5.97 Å². The summed E-state index contributed by atoms with van der Waals surface area (Å²) in [5.74, 6) is 1.82. The van der Waals surface area contributed by atoms with Crippen LogP contribution in [-0.2, 0) is 33.7 Å². The quantitative estimate of drug-likeness (QED) is 0.417. The number of hydrogen-bond acceptors (Lipinski definition) is 6. The summed E-state index contributed by atoms with van der Waals surface area (Å²) in [5.41, 5.74) is 8.42. The van der Waals surface area contributed by atoms with Crippen molar-refractivity contribution in [2.45, 2.75) is 57.5 Å². The molecule has 0 aromatic heterocycles.